The van der Waals surface area contributed by atoms with Gasteiger partial charge in [0.1, 0.15) is 6.04 Å². The first-order valence-electron chi connectivity index (χ1n) is 2.98. The van der Waals surface area contributed by atoms with Crippen molar-refractivity contribution in [2.24, 2.45) is 0 Å². The molecule has 1 heterocycles. The van der Waals surface area contributed by atoms with Crippen LogP contribution in [0.1, 0.15) is 0 Å². The van der Waals surface area contributed by atoms with Crippen LogP contribution in [-0.2, 0) is 4.74 Å². The van der Waals surface area contributed by atoms with Crippen LogP contribution in [0.2, 0.25) is 0 Å². The van der Waals surface area contributed by atoms with Crippen LogP contribution in [0, 0.1) is 0 Å². The summed E-state index contributed by atoms with van der Waals surface area (Å²) in [5.74, 6) is 0. The van der Waals surface area contributed by atoms with Crippen LogP contribution in [-0.4, -0.2) is 32.0 Å². The van der Waals surface area contributed by atoms with Gasteiger partial charge in [0.05, 0.1) is 13.2 Å². The average molecular weight is 192 g/mol. The van der Waals surface area contributed by atoms with Gasteiger partial charge in [0.2, 0.25) is 0 Å². The smallest absolute Gasteiger partial charge is 0.378 e. The Labute approximate surface area is 68.5 Å². The lowest BCUT2D eigenvalue weighted by Gasteiger charge is -2.25. The van der Waals surface area contributed by atoms with Crippen LogP contribution >= 0.6 is 12.4 Å². The number of hydrogen-bond donors (Lipinski definition) is 1. The highest BCUT2D eigenvalue weighted by Crippen LogP contribution is 2.21. The van der Waals surface area contributed by atoms with E-state index in [1.807, 2.05) is 0 Å². The van der Waals surface area contributed by atoms with E-state index in [0.717, 1.165) is 0 Å². The molecular formula is C5H9ClF3NO. The quantitative estimate of drug-likeness (QED) is 0.616. The van der Waals surface area contributed by atoms with Gasteiger partial charge >= 0.3 is 6.18 Å². The first-order valence-corrected chi connectivity index (χ1v) is 2.98. The molecule has 1 N–H and O–H groups in total. The molecule has 1 rings (SSSR count). The molecule has 0 spiro atoms. The second-order valence-electron chi connectivity index (χ2n) is 2.12. The van der Waals surface area contributed by atoms with Crippen LogP contribution < -0.4 is 5.32 Å². The average Bonchev–Trinajstić information content (AvgIpc) is 1.88. The fraction of sp³-hybridized carbons (Fsp3) is 1.00. The highest BCUT2D eigenvalue weighted by Gasteiger charge is 2.40. The standard InChI is InChI=1S/C5H8F3NO.ClH/c6-5(7,8)4-3-10-2-1-9-4;/h4,9H,1-3H2;1H/t4-;/m0./s1. The van der Waals surface area contributed by atoms with Crippen molar-refractivity contribution in [1.82, 2.24) is 5.32 Å². The lowest BCUT2D eigenvalue weighted by molar-refractivity contribution is -0.176. The zero-order valence-electron chi connectivity index (χ0n) is 5.65. The van der Waals surface area contributed by atoms with Crippen molar-refractivity contribution in [3.05, 3.63) is 0 Å². The van der Waals surface area contributed by atoms with Crippen LogP contribution in [0.25, 0.3) is 0 Å². The lowest BCUT2D eigenvalue weighted by Crippen LogP contribution is -2.50. The predicted octanol–water partition coefficient (Wildman–Crippen LogP) is 0.959. The summed E-state index contributed by atoms with van der Waals surface area (Å²) in [7, 11) is 0. The highest BCUT2D eigenvalue weighted by molar-refractivity contribution is 5.85. The topological polar surface area (TPSA) is 21.3 Å². The van der Waals surface area contributed by atoms with E-state index in [1.54, 1.807) is 0 Å². The number of ether oxygens (including phenoxy) is 1. The number of morpholine rings is 1. The van der Waals surface area contributed by atoms with Gasteiger partial charge in [-0.2, -0.15) is 13.2 Å². The SMILES string of the molecule is Cl.FC(F)(F)[C@@H]1COCCN1. The molecule has 0 amide bonds. The van der Waals surface area contributed by atoms with Gasteiger partial charge in [-0.05, 0) is 0 Å². The van der Waals surface area contributed by atoms with E-state index in [1.165, 1.54) is 0 Å². The normalized spacial score (nSPS) is 25.9. The van der Waals surface area contributed by atoms with Crippen molar-refractivity contribution < 1.29 is 17.9 Å². The molecule has 1 fully saturated rings. The van der Waals surface area contributed by atoms with Crippen LogP contribution in [0.3, 0.4) is 0 Å². The largest absolute Gasteiger partial charge is 0.406 e. The minimum Gasteiger partial charge on any atom is -0.378 e. The molecule has 11 heavy (non-hydrogen) atoms. The van der Waals surface area contributed by atoms with Gasteiger partial charge < -0.3 is 10.1 Å². The highest BCUT2D eigenvalue weighted by atomic mass is 35.5. The molecule has 1 aliphatic heterocycles. The molecule has 1 aliphatic rings. The molecule has 0 radical (unpaired) electrons. The first kappa shape index (κ1) is 11.0. The van der Waals surface area contributed by atoms with Gasteiger partial charge in [-0.25, -0.2) is 0 Å². The molecule has 0 aromatic carbocycles. The van der Waals surface area contributed by atoms with Gasteiger partial charge in [-0.15, -0.1) is 12.4 Å². The minimum absolute atomic E-state index is 0. The summed E-state index contributed by atoms with van der Waals surface area (Å²) >= 11 is 0. The van der Waals surface area contributed by atoms with Crippen molar-refractivity contribution in [2.45, 2.75) is 12.2 Å². The maximum absolute atomic E-state index is 11.8. The molecule has 0 bridgehead atoms. The van der Waals surface area contributed by atoms with Crippen molar-refractivity contribution >= 4 is 12.4 Å². The summed E-state index contributed by atoms with van der Waals surface area (Å²) in [5.41, 5.74) is 0. The first-order chi connectivity index (χ1) is 4.61. The fourth-order valence-electron chi connectivity index (χ4n) is 0.776. The number of halogens is 4. The lowest BCUT2D eigenvalue weighted by atomic mass is 10.3. The van der Waals surface area contributed by atoms with Crippen molar-refractivity contribution in [3.63, 3.8) is 0 Å². The summed E-state index contributed by atoms with van der Waals surface area (Å²) < 4.78 is 40.0. The summed E-state index contributed by atoms with van der Waals surface area (Å²) in [4.78, 5) is 0. The third-order valence-electron chi connectivity index (χ3n) is 1.32. The van der Waals surface area contributed by atoms with Crippen molar-refractivity contribution in [1.29, 1.82) is 0 Å². The minimum atomic E-state index is -4.17. The van der Waals surface area contributed by atoms with E-state index >= 15 is 0 Å². The van der Waals surface area contributed by atoms with Gasteiger partial charge in [0.25, 0.3) is 0 Å². The second kappa shape index (κ2) is 4.13. The molecule has 1 atom stereocenters. The van der Waals surface area contributed by atoms with Gasteiger partial charge in [-0.1, -0.05) is 0 Å². The summed E-state index contributed by atoms with van der Waals surface area (Å²) in [6, 6.07) is -1.47. The Morgan fingerprint density at radius 1 is 1.36 bits per heavy atom. The maximum atomic E-state index is 11.8. The molecule has 68 valence electrons. The number of nitrogens with one attached hydrogen (secondary N) is 1. The van der Waals surface area contributed by atoms with Gasteiger partial charge in [-0.3, -0.25) is 0 Å². The van der Waals surface area contributed by atoms with Crippen molar-refractivity contribution in [2.75, 3.05) is 19.8 Å². The summed E-state index contributed by atoms with van der Waals surface area (Å²) in [6.07, 6.45) is -4.17. The molecule has 6 heteroatoms. The molecule has 0 unspecified atom stereocenters. The van der Waals surface area contributed by atoms with E-state index < -0.39 is 12.2 Å². The van der Waals surface area contributed by atoms with E-state index in [9.17, 15) is 13.2 Å². The molecule has 2 nitrogen and oxygen atoms in total. The summed E-state index contributed by atoms with van der Waals surface area (Å²) in [6.45, 7) is 0.389. The van der Waals surface area contributed by atoms with E-state index in [0.29, 0.717) is 6.61 Å². The Kier molecular flexibility index (Phi) is 4.13. The molecule has 0 aliphatic carbocycles. The van der Waals surface area contributed by atoms with Gasteiger partial charge in [0.15, 0.2) is 0 Å². The third kappa shape index (κ3) is 3.27. The van der Waals surface area contributed by atoms with Gasteiger partial charge in [0, 0.05) is 6.54 Å². The Morgan fingerprint density at radius 3 is 2.27 bits per heavy atom. The molecule has 0 aromatic heterocycles. The molecule has 1 saturated heterocycles. The van der Waals surface area contributed by atoms with E-state index in [2.05, 4.69) is 10.1 Å². The Bertz CT molecular complexity index is 113. The van der Waals surface area contributed by atoms with E-state index in [4.69, 9.17) is 0 Å². The number of alkyl halides is 3. The van der Waals surface area contributed by atoms with E-state index in [-0.39, 0.29) is 25.6 Å². The third-order valence-corrected chi connectivity index (χ3v) is 1.32. The second-order valence-corrected chi connectivity index (χ2v) is 2.12. The maximum Gasteiger partial charge on any atom is 0.406 e. The van der Waals surface area contributed by atoms with Crippen LogP contribution in [0.15, 0.2) is 0 Å². The van der Waals surface area contributed by atoms with Crippen LogP contribution in [0.5, 0.6) is 0 Å². The Morgan fingerprint density at radius 2 is 2.00 bits per heavy atom. The number of hydrogen-bond acceptors (Lipinski definition) is 2. The van der Waals surface area contributed by atoms with Crippen LogP contribution in [0.4, 0.5) is 13.2 Å². The zero-order valence-corrected chi connectivity index (χ0v) is 6.47. The predicted molar refractivity (Wildman–Crippen MR) is 35.9 cm³/mol. The zero-order chi connectivity index (χ0) is 7.61. The molecular weight excluding hydrogens is 183 g/mol. The molecule has 0 aromatic rings. The Balaban J connectivity index is 0.000001000. The summed E-state index contributed by atoms with van der Waals surface area (Å²) in [5, 5.41) is 2.31. The van der Waals surface area contributed by atoms with Crippen molar-refractivity contribution in [3.8, 4) is 0 Å². The molecule has 0 saturated carbocycles. The monoisotopic (exact) mass is 191 g/mol. The Hall–Kier alpha value is -0.0000000000000000416. The number of rotatable bonds is 0. The fourth-order valence-corrected chi connectivity index (χ4v) is 0.776.